The van der Waals surface area contributed by atoms with Crippen molar-refractivity contribution in [2.45, 2.75) is 37.2 Å². The number of anilines is 1. The summed E-state index contributed by atoms with van der Waals surface area (Å²) >= 11 is 1.51. The molecule has 1 amide bonds. The fraction of sp³-hybridized carbons (Fsp3) is 0.304. The third-order valence-electron chi connectivity index (χ3n) is 5.30. The molecule has 2 heterocycles. The molecule has 168 valence electrons. The van der Waals surface area contributed by atoms with Crippen molar-refractivity contribution in [2.24, 2.45) is 0 Å². The predicted molar refractivity (Wildman–Crippen MR) is 125 cm³/mol. The number of nitrogens with zero attached hydrogens (tertiary/aromatic N) is 2. The van der Waals surface area contributed by atoms with E-state index in [1.165, 1.54) is 11.3 Å². The SMILES string of the molecule is O=C(Nc1ccc(S(=O)(=O)N2CCCCCC2)cc1)c1ccc(OCc2cscn2)cc1. The van der Waals surface area contributed by atoms with Crippen LogP contribution in [0.4, 0.5) is 5.69 Å². The summed E-state index contributed by atoms with van der Waals surface area (Å²) in [6.07, 6.45) is 3.91. The van der Waals surface area contributed by atoms with E-state index in [4.69, 9.17) is 4.74 Å². The molecule has 9 heteroatoms. The zero-order valence-electron chi connectivity index (χ0n) is 17.6. The molecule has 0 saturated carbocycles. The third kappa shape index (κ3) is 5.53. The van der Waals surface area contributed by atoms with E-state index in [0.717, 1.165) is 31.4 Å². The maximum Gasteiger partial charge on any atom is 0.255 e. The number of hydrogen-bond donors (Lipinski definition) is 1. The molecule has 1 aliphatic heterocycles. The highest BCUT2D eigenvalue weighted by Crippen LogP contribution is 2.22. The molecule has 0 radical (unpaired) electrons. The highest BCUT2D eigenvalue weighted by molar-refractivity contribution is 7.89. The lowest BCUT2D eigenvalue weighted by Gasteiger charge is -2.20. The minimum Gasteiger partial charge on any atom is -0.487 e. The van der Waals surface area contributed by atoms with Crippen LogP contribution in [0, 0.1) is 0 Å². The molecule has 2 aromatic carbocycles. The lowest BCUT2D eigenvalue weighted by Crippen LogP contribution is -2.31. The van der Waals surface area contributed by atoms with Crippen molar-refractivity contribution < 1.29 is 17.9 Å². The maximum absolute atomic E-state index is 12.9. The van der Waals surface area contributed by atoms with Gasteiger partial charge in [0.15, 0.2) is 0 Å². The quantitative estimate of drug-likeness (QED) is 0.547. The van der Waals surface area contributed by atoms with Crippen molar-refractivity contribution in [3.05, 3.63) is 70.7 Å². The molecule has 0 spiro atoms. The second kappa shape index (κ2) is 10.2. The van der Waals surface area contributed by atoms with Gasteiger partial charge in [0.2, 0.25) is 10.0 Å². The van der Waals surface area contributed by atoms with Crippen molar-refractivity contribution in [3.63, 3.8) is 0 Å². The Kier molecular flexibility index (Phi) is 7.19. The molecular weight excluding hydrogens is 446 g/mol. The van der Waals surface area contributed by atoms with Crippen LogP contribution >= 0.6 is 11.3 Å². The molecule has 1 aromatic heterocycles. The second-order valence-electron chi connectivity index (χ2n) is 7.59. The van der Waals surface area contributed by atoms with Gasteiger partial charge in [-0.25, -0.2) is 13.4 Å². The van der Waals surface area contributed by atoms with E-state index >= 15 is 0 Å². The monoisotopic (exact) mass is 471 g/mol. The van der Waals surface area contributed by atoms with Crippen LogP contribution < -0.4 is 10.1 Å². The molecule has 0 bridgehead atoms. The number of ether oxygens (including phenoxy) is 1. The zero-order valence-corrected chi connectivity index (χ0v) is 19.2. The number of benzene rings is 2. The summed E-state index contributed by atoms with van der Waals surface area (Å²) in [5.41, 5.74) is 3.63. The minimum absolute atomic E-state index is 0.249. The first kappa shape index (κ1) is 22.4. The van der Waals surface area contributed by atoms with Crippen molar-refractivity contribution in [2.75, 3.05) is 18.4 Å². The van der Waals surface area contributed by atoms with Crippen molar-refractivity contribution >= 4 is 33.0 Å². The summed E-state index contributed by atoms with van der Waals surface area (Å²) in [5, 5.41) is 4.73. The molecule has 3 aromatic rings. The number of carbonyl (C=O) groups excluding carboxylic acids is 1. The number of nitrogens with one attached hydrogen (secondary N) is 1. The van der Waals surface area contributed by atoms with E-state index < -0.39 is 10.0 Å². The second-order valence-corrected chi connectivity index (χ2v) is 10.2. The first-order valence-corrected chi connectivity index (χ1v) is 12.9. The van der Waals surface area contributed by atoms with E-state index in [1.807, 2.05) is 5.38 Å². The average molecular weight is 472 g/mol. The summed E-state index contributed by atoms with van der Waals surface area (Å²) in [5.74, 6) is 0.372. The van der Waals surface area contributed by atoms with Gasteiger partial charge < -0.3 is 10.1 Å². The first-order valence-electron chi connectivity index (χ1n) is 10.5. The van der Waals surface area contributed by atoms with Crippen LogP contribution in [0.25, 0.3) is 0 Å². The van der Waals surface area contributed by atoms with Crippen molar-refractivity contribution in [3.8, 4) is 5.75 Å². The number of rotatable bonds is 7. The lowest BCUT2D eigenvalue weighted by molar-refractivity contribution is 0.102. The van der Waals surface area contributed by atoms with Gasteiger partial charge in [-0.3, -0.25) is 4.79 Å². The van der Waals surface area contributed by atoms with E-state index in [2.05, 4.69) is 10.3 Å². The van der Waals surface area contributed by atoms with Crippen LogP contribution in [0.3, 0.4) is 0 Å². The molecule has 1 N–H and O–H groups in total. The highest BCUT2D eigenvalue weighted by atomic mass is 32.2. The molecular formula is C23H25N3O4S2. The summed E-state index contributed by atoms with van der Waals surface area (Å²) in [6, 6.07) is 13.2. The lowest BCUT2D eigenvalue weighted by atomic mass is 10.2. The zero-order chi connectivity index (χ0) is 22.4. The summed E-state index contributed by atoms with van der Waals surface area (Å²) in [4.78, 5) is 17.0. The third-order valence-corrected chi connectivity index (χ3v) is 7.85. The number of aromatic nitrogens is 1. The fourth-order valence-corrected chi connectivity index (χ4v) is 5.57. The molecule has 7 nitrogen and oxygen atoms in total. The maximum atomic E-state index is 12.9. The van der Waals surface area contributed by atoms with Crippen molar-refractivity contribution in [1.29, 1.82) is 0 Å². The smallest absolute Gasteiger partial charge is 0.255 e. The molecule has 1 fully saturated rings. The topological polar surface area (TPSA) is 88.6 Å². The Hall–Kier alpha value is -2.75. The number of hydrogen-bond acceptors (Lipinski definition) is 6. The van der Waals surface area contributed by atoms with Crippen LogP contribution in [0.1, 0.15) is 41.7 Å². The number of carbonyl (C=O) groups is 1. The van der Waals surface area contributed by atoms with Gasteiger partial charge in [-0.2, -0.15) is 4.31 Å². The Bertz CT molecular complexity index is 1120. The van der Waals surface area contributed by atoms with E-state index in [0.29, 0.717) is 36.7 Å². The molecule has 0 atom stereocenters. The Labute approximate surface area is 192 Å². The summed E-state index contributed by atoms with van der Waals surface area (Å²) in [6.45, 7) is 1.50. The van der Waals surface area contributed by atoms with Gasteiger partial charge in [-0.1, -0.05) is 12.8 Å². The van der Waals surface area contributed by atoms with Gasteiger partial charge in [-0.05, 0) is 61.4 Å². The molecule has 0 aliphatic carbocycles. The van der Waals surface area contributed by atoms with E-state index in [1.54, 1.807) is 58.3 Å². The standard InChI is InChI=1S/C23H25N3O4S2/c27-23(18-5-9-21(10-6-18)30-15-20-16-31-17-24-20)25-19-7-11-22(12-8-19)32(28,29)26-13-3-1-2-4-14-26/h5-12,16-17H,1-4,13-15H2,(H,25,27). The van der Waals surface area contributed by atoms with Gasteiger partial charge in [0, 0.05) is 29.7 Å². The number of amides is 1. The molecule has 1 saturated heterocycles. The average Bonchev–Trinajstić information content (AvgIpc) is 3.17. The van der Waals surface area contributed by atoms with Gasteiger partial charge >= 0.3 is 0 Å². The largest absolute Gasteiger partial charge is 0.487 e. The van der Waals surface area contributed by atoms with Crippen LogP contribution in [0.5, 0.6) is 5.75 Å². The number of thiazole rings is 1. The molecule has 1 aliphatic rings. The van der Waals surface area contributed by atoms with Crippen LogP contribution in [0.2, 0.25) is 0 Å². The van der Waals surface area contributed by atoms with Gasteiger partial charge in [0.05, 0.1) is 16.1 Å². The summed E-state index contributed by atoms with van der Waals surface area (Å²) in [7, 11) is -3.51. The van der Waals surface area contributed by atoms with Gasteiger partial charge in [0.25, 0.3) is 5.91 Å². The minimum atomic E-state index is -3.51. The molecule has 0 unspecified atom stereocenters. The molecule has 4 rings (SSSR count). The Morgan fingerprint density at radius 1 is 1.00 bits per heavy atom. The normalized spacial score (nSPS) is 15.1. The number of sulfonamides is 1. The van der Waals surface area contributed by atoms with Crippen LogP contribution in [-0.4, -0.2) is 36.7 Å². The van der Waals surface area contributed by atoms with Crippen LogP contribution in [-0.2, 0) is 16.6 Å². The molecule has 32 heavy (non-hydrogen) atoms. The van der Waals surface area contributed by atoms with Gasteiger partial charge in [0.1, 0.15) is 12.4 Å². The predicted octanol–water partition coefficient (Wildman–Crippen LogP) is 4.54. The Balaban J connectivity index is 1.36. The van der Waals surface area contributed by atoms with E-state index in [9.17, 15) is 13.2 Å². The van der Waals surface area contributed by atoms with Gasteiger partial charge in [-0.15, -0.1) is 11.3 Å². The first-order chi connectivity index (χ1) is 15.5. The van der Waals surface area contributed by atoms with Crippen LogP contribution in [0.15, 0.2) is 64.3 Å². The van der Waals surface area contributed by atoms with Crippen molar-refractivity contribution in [1.82, 2.24) is 9.29 Å². The Morgan fingerprint density at radius 2 is 1.69 bits per heavy atom. The fourth-order valence-electron chi connectivity index (χ4n) is 3.51. The Morgan fingerprint density at radius 3 is 2.31 bits per heavy atom. The highest BCUT2D eigenvalue weighted by Gasteiger charge is 2.25. The van der Waals surface area contributed by atoms with E-state index in [-0.39, 0.29) is 10.8 Å². The summed E-state index contributed by atoms with van der Waals surface area (Å²) < 4.78 is 33.0.